The average Bonchev–Trinajstić information content (AvgIpc) is 2.45. The van der Waals surface area contributed by atoms with Crippen LogP contribution in [0.15, 0.2) is 16.2 Å². The predicted octanol–water partition coefficient (Wildman–Crippen LogP) is 3.00. The van der Waals surface area contributed by atoms with E-state index in [2.05, 4.69) is 32.9 Å². The number of aromatic nitrogens is 1. The summed E-state index contributed by atoms with van der Waals surface area (Å²) in [4.78, 5) is 8.05. The largest absolute Gasteiger partial charge is 0.297 e. The van der Waals surface area contributed by atoms with E-state index in [0.717, 1.165) is 13.1 Å². The van der Waals surface area contributed by atoms with Gasteiger partial charge in [-0.05, 0) is 28.5 Å². The molecule has 0 aromatic carbocycles. The van der Waals surface area contributed by atoms with Crippen LogP contribution in [0.5, 0.6) is 0 Å². The summed E-state index contributed by atoms with van der Waals surface area (Å²) in [7, 11) is 2.15. The minimum Gasteiger partial charge on any atom is -0.297 e. The van der Waals surface area contributed by atoms with E-state index in [1.165, 1.54) is 25.0 Å². The van der Waals surface area contributed by atoms with E-state index < -0.39 is 0 Å². The highest BCUT2D eigenvalue weighted by atomic mass is 79.9. The normalized spacial score (nSPS) is 16.4. The van der Waals surface area contributed by atoms with Crippen LogP contribution in [-0.2, 0) is 13.1 Å². The Bertz CT molecular complexity index is 506. The van der Waals surface area contributed by atoms with E-state index >= 15 is 0 Å². The van der Waals surface area contributed by atoms with Crippen molar-refractivity contribution in [2.45, 2.75) is 13.1 Å². The second-order valence-electron chi connectivity index (χ2n) is 3.69. The number of hydrogen-bond donors (Lipinski definition) is 0. The first-order valence-electron chi connectivity index (χ1n) is 4.48. The Hall–Kier alpha value is -0.450. The molecular formula is C10H9BrN2S. The zero-order chi connectivity index (χ0) is 9.71. The first-order valence-corrected chi connectivity index (χ1v) is 6.09. The van der Waals surface area contributed by atoms with E-state index in [1.807, 2.05) is 23.7 Å². The molecule has 0 N–H and O–H groups in total. The molecule has 4 heteroatoms. The highest BCUT2D eigenvalue weighted by Crippen LogP contribution is 2.39. The van der Waals surface area contributed by atoms with Gasteiger partial charge in [-0.25, -0.2) is 0 Å². The maximum atomic E-state index is 4.28. The van der Waals surface area contributed by atoms with Gasteiger partial charge in [0, 0.05) is 41.1 Å². The highest BCUT2D eigenvalue weighted by Gasteiger charge is 2.19. The second kappa shape index (κ2) is 3.02. The number of halogens is 1. The van der Waals surface area contributed by atoms with Crippen molar-refractivity contribution in [2.75, 3.05) is 7.05 Å². The van der Waals surface area contributed by atoms with Crippen molar-refractivity contribution in [1.82, 2.24) is 9.88 Å². The molecule has 3 heterocycles. The lowest BCUT2D eigenvalue weighted by Gasteiger charge is -2.21. The van der Waals surface area contributed by atoms with Gasteiger partial charge >= 0.3 is 0 Å². The van der Waals surface area contributed by atoms with E-state index in [9.17, 15) is 0 Å². The standard InChI is InChI=1S/C10H9BrN2S/c1-13-4-6-2-12-3-7-9(6)8(5-13)14-10(7)11/h2-3H,4-5H2,1H3. The zero-order valence-electron chi connectivity index (χ0n) is 7.75. The lowest BCUT2D eigenvalue weighted by molar-refractivity contribution is 0.317. The van der Waals surface area contributed by atoms with Gasteiger partial charge < -0.3 is 0 Å². The van der Waals surface area contributed by atoms with Crippen molar-refractivity contribution in [3.8, 4) is 0 Å². The van der Waals surface area contributed by atoms with Crippen LogP contribution >= 0.6 is 27.3 Å². The fourth-order valence-electron chi connectivity index (χ4n) is 2.02. The number of thiophene rings is 1. The Morgan fingerprint density at radius 1 is 1.43 bits per heavy atom. The Kier molecular flexibility index (Phi) is 1.90. The lowest BCUT2D eigenvalue weighted by atomic mass is 10.1. The van der Waals surface area contributed by atoms with Crippen LogP contribution in [0.3, 0.4) is 0 Å². The maximum absolute atomic E-state index is 4.28. The summed E-state index contributed by atoms with van der Waals surface area (Å²) in [6.07, 6.45) is 3.94. The first kappa shape index (κ1) is 8.83. The smallest absolute Gasteiger partial charge is 0.0795 e. The third kappa shape index (κ3) is 1.14. The molecule has 0 amide bonds. The first-order chi connectivity index (χ1) is 6.75. The molecule has 14 heavy (non-hydrogen) atoms. The predicted molar refractivity (Wildman–Crippen MR) is 62.5 cm³/mol. The summed E-state index contributed by atoms with van der Waals surface area (Å²) in [6.45, 7) is 2.07. The Morgan fingerprint density at radius 3 is 3.14 bits per heavy atom. The molecule has 0 unspecified atom stereocenters. The van der Waals surface area contributed by atoms with Gasteiger partial charge in [0.05, 0.1) is 3.79 Å². The van der Waals surface area contributed by atoms with Gasteiger partial charge in [0.15, 0.2) is 0 Å². The third-order valence-corrected chi connectivity index (χ3v) is 4.47. The van der Waals surface area contributed by atoms with E-state index in [-0.39, 0.29) is 0 Å². The van der Waals surface area contributed by atoms with Crippen molar-refractivity contribution in [2.24, 2.45) is 0 Å². The summed E-state index contributed by atoms with van der Waals surface area (Å²) in [5.74, 6) is 0. The average molecular weight is 269 g/mol. The lowest BCUT2D eigenvalue weighted by Crippen LogP contribution is -2.20. The van der Waals surface area contributed by atoms with Crippen molar-refractivity contribution >= 4 is 38.0 Å². The molecule has 0 bridgehead atoms. The topological polar surface area (TPSA) is 16.1 Å². The zero-order valence-corrected chi connectivity index (χ0v) is 10.2. The van der Waals surface area contributed by atoms with Gasteiger partial charge in [-0.3, -0.25) is 9.88 Å². The van der Waals surface area contributed by atoms with Crippen LogP contribution in [0.2, 0.25) is 0 Å². The van der Waals surface area contributed by atoms with Crippen LogP contribution in [0, 0.1) is 0 Å². The maximum Gasteiger partial charge on any atom is 0.0795 e. The number of hydrogen-bond acceptors (Lipinski definition) is 3. The van der Waals surface area contributed by atoms with E-state index in [4.69, 9.17) is 0 Å². The Labute approximate surface area is 94.7 Å². The molecule has 2 aromatic rings. The molecular weight excluding hydrogens is 260 g/mol. The van der Waals surface area contributed by atoms with Crippen LogP contribution in [0.1, 0.15) is 10.4 Å². The third-order valence-electron chi connectivity index (χ3n) is 2.58. The molecule has 0 saturated carbocycles. The SMILES string of the molecule is CN1Cc2cncc3c(Br)sc(c23)C1. The second-order valence-corrected chi connectivity index (χ2v) is 6.12. The molecule has 0 atom stereocenters. The number of nitrogens with zero attached hydrogens (tertiary/aromatic N) is 2. The fraction of sp³-hybridized carbons (Fsp3) is 0.300. The fourth-order valence-corrected chi connectivity index (χ4v) is 4.02. The monoisotopic (exact) mass is 268 g/mol. The molecule has 0 spiro atoms. The van der Waals surface area contributed by atoms with Crippen molar-refractivity contribution in [3.05, 3.63) is 26.6 Å². The molecule has 72 valence electrons. The van der Waals surface area contributed by atoms with Crippen LogP contribution in [-0.4, -0.2) is 16.9 Å². The molecule has 0 saturated heterocycles. The van der Waals surface area contributed by atoms with Gasteiger partial charge in [-0.2, -0.15) is 0 Å². The molecule has 1 aliphatic rings. The summed E-state index contributed by atoms with van der Waals surface area (Å²) in [6, 6.07) is 0. The van der Waals surface area contributed by atoms with Crippen molar-refractivity contribution in [1.29, 1.82) is 0 Å². The van der Waals surface area contributed by atoms with Crippen LogP contribution in [0.25, 0.3) is 10.8 Å². The minimum absolute atomic E-state index is 1.01. The molecule has 3 rings (SSSR count). The van der Waals surface area contributed by atoms with Crippen molar-refractivity contribution < 1.29 is 0 Å². The van der Waals surface area contributed by atoms with Crippen LogP contribution in [0.4, 0.5) is 0 Å². The van der Waals surface area contributed by atoms with E-state index in [0.29, 0.717) is 0 Å². The molecule has 2 aromatic heterocycles. The van der Waals surface area contributed by atoms with Crippen molar-refractivity contribution in [3.63, 3.8) is 0 Å². The minimum atomic E-state index is 1.01. The van der Waals surface area contributed by atoms with Gasteiger partial charge in [-0.15, -0.1) is 11.3 Å². The van der Waals surface area contributed by atoms with Gasteiger partial charge in [0.1, 0.15) is 0 Å². The number of rotatable bonds is 0. The summed E-state index contributed by atoms with van der Waals surface area (Å²) < 4.78 is 1.21. The Balaban J connectivity index is 2.41. The Morgan fingerprint density at radius 2 is 2.29 bits per heavy atom. The van der Waals surface area contributed by atoms with Gasteiger partial charge in [-0.1, -0.05) is 0 Å². The highest BCUT2D eigenvalue weighted by molar-refractivity contribution is 9.11. The van der Waals surface area contributed by atoms with Gasteiger partial charge in [0.2, 0.25) is 0 Å². The molecule has 0 radical (unpaired) electrons. The van der Waals surface area contributed by atoms with E-state index in [1.54, 1.807) is 0 Å². The summed E-state index contributed by atoms with van der Waals surface area (Å²) in [5, 5.41) is 2.70. The summed E-state index contributed by atoms with van der Waals surface area (Å²) in [5.41, 5.74) is 1.35. The molecule has 0 fully saturated rings. The van der Waals surface area contributed by atoms with Crippen LogP contribution < -0.4 is 0 Å². The molecule has 2 nitrogen and oxygen atoms in total. The number of pyridine rings is 1. The summed E-state index contributed by atoms with van der Waals surface area (Å²) >= 11 is 5.43. The quantitative estimate of drug-likeness (QED) is 0.731. The van der Waals surface area contributed by atoms with Gasteiger partial charge in [0.25, 0.3) is 0 Å². The molecule has 0 aliphatic carbocycles. The molecule has 1 aliphatic heterocycles.